The van der Waals surface area contributed by atoms with Crippen LogP contribution in [0.4, 0.5) is 10.5 Å². The van der Waals surface area contributed by atoms with Gasteiger partial charge >= 0.3 is 12.1 Å². The molecule has 0 aliphatic rings. The molecule has 8 nitrogen and oxygen atoms in total. The number of hydrogen-bond donors (Lipinski definition) is 1. The van der Waals surface area contributed by atoms with Crippen LogP contribution in [-0.4, -0.2) is 27.8 Å². The van der Waals surface area contributed by atoms with Crippen molar-refractivity contribution in [3.05, 3.63) is 52.5 Å². The molecular weight excluding hydrogens is 382 g/mol. The van der Waals surface area contributed by atoms with Gasteiger partial charge in [-0.2, -0.15) is 16.3 Å². The fourth-order valence-corrected chi connectivity index (χ4v) is 2.81. The lowest BCUT2D eigenvalue weighted by molar-refractivity contribution is 0.0429. The zero-order valence-electron chi connectivity index (χ0n) is 15.6. The maximum Gasteiger partial charge on any atom is 0.412 e. The zero-order valence-corrected chi connectivity index (χ0v) is 16.4. The summed E-state index contributed by atoms with van der Waals surface area (Å²) in [5.74, 6) is 0.0524. The highest BCUT2D eigenvalue weighted by Gasteiger charge is 2.17. The molecule has 0 unspecified atom stereocenters. The molecule has 2 heterocycles. The van der Waals surface area contributed by atoms with E-state index in [9.17, 15) is 9.59 Å². The molecule has 146 valence electrons. The summed E-state index contributed by atoms with van der Waals surface area (Å²) in [5, 5.41) is 10.2. The van der Waals surface area contributed by atoms with Crippen LogP contribution in [0.2, 0.25) is 0 Å². The molecule has 0 fully saturated rings. The molecule has 28 heavy (non-hydrogen) atoms. The van der Waals surface area contributed by atoms with Crippen LogP contribution in [0.1, 0.15) is 37.0 Å². The largest absolute Gasteiger partial charge is 0.452 e. The monoisotopic (exact) mass is 401 g/mol. The third-order valence-corrected chi connectivity index (χ3v) is 4.00. The molecule has 0 saturated carbocycles. The first-order chi connectivity index (χ1) is 13.3. The number of carbonyl (C=O) groups excluding carboxylic acids is 2. The molecular formula is C19H19N3O5S. The van der Waals surface area contributed by atoms with E-state index in [-0.39, 0.29) is 18.1 Å². The molecule has 1 N–H and O–H groups in total. The van der Waals surface area contributed by atoms with E-state index in [0.717, 1.165) is 5.56 Å². The molecule has 2 aromatic heterocycles. The fraction of sp³-hybridized carbons (Fsp3) is 0.263. The van der Waals surface area contributed by atoms with E-state index in [4.69, 9.17) is 14.0 Å². The minimum atomic E-state index is -0.618. The summed E-state index contributed by atoms with van der Waals surface area (Å²) in [6, 6.07) is 8.22. The van der Waals surface area contributed by atoms with Crippen LogP contribution in [0.15, 0.2) is 45.6 Å². The summed E-state index contributed by atoms with van der Waals surface area (Å²) < 4.78 is 15.5. The molecule has 0 aliphatic carbocycles. The molecule has 0 spiro atoms. The van der Waals surface area contributed by atoms with Gasteiger partial charge in [0.05, 0.1) is 5.56 Å². The van der Waals surface area contributed by atoms with Crippen molar-refractivity contribution in [2.45, 2.75) is 33.0 Å². The Morgan fingerprint density at radius 1 is 1.25 bits per heavy atom. The van der Waals surface area contributed by atoms with E-state index in [1.165, 1.54) is 17.4 Å². The summed E-state index contributed by atoms with van der Waals surface area (Å²) >= 11 is 1.52. The van der Waals surface area contributed by atoms with Crippen molar-refractivity contribution < 1.29 is 23.6 Å². The summed E-state index contributed by atoms with van der Waals surface area (Å²) in [6.07, 6.45) is -0.607. The minimum Gasteiger partial charge on any atom is -0.452 e. The first-order valence-corrected chi connectivity index (χ1v) is 9.37. The highest BCUT2D eigenvalue weighted by atomic mass is 32.1. The highest BCUT2D eigenvalue weighted by molar-refractivity contribution is 7.08. The smallest absolute Gasteiger partial charge is 0.412 e. The van der Waals surface area contributed by atoms with E-state index in [1.807, 2.05) is 16.8 Å². The topological polar surface area (TPSA) is 104 Å². The summed E-state index contributed by atoms with van der Waals surface area (Å²) in [4.78, 5) is 28.3. The van der Waals surface area contributed by atoms with Crippen molar-refractivity contribution in [2.24, 2.45) is 0 Å². The predicted octanol–water partition coefficient (Wildman–Crippen LogP) is 4.50. The Balaban J connectivity index is 1.58. The van der Waals surface area contributed by atoms with Crippen molar-refractivity contribution in [3.63, 3.8) is 0 Å². The second-order valence-electron chi connectivity index (χ2n) is 6.81. The molecule has 1 amide bonds. The summed E-state index contributed by atoms with van der Waals surface area (Å²) in [6.45, 7) is 5.14. The number of esters is 1. The zero-order chi connectivity index (χ0) is 20.1. The Morgan fingerprint density at radius 2 is 2.07 bits per heavy atom. The maximum absolute atomic E-state index is 12.3. The fourth-order valence-electron chi connectivity index (χ4n) is 2.18. The number of ether oxygens (including phenoxy) is 2. The molecule has 0 aliphatic heterocycles. The summed E-state index contributed by atoms with van der Waals surface area (Å²) in [7, 11) is 0. The molecule has 0 radical (unpaired) electrons. The predicted molar refractivity (Wildman–Crippen MR) is 103 cm³/mol. The van der Waals surface area contributed by atoms with Gasteiger partial charge in [-0.15, -0.1) is 0 Å². The van der Waals surface area contributed by atoms with Gasteiger partial charge in [0.1, 0.15) is 5.60 Å². The Morgan fingerprint density at radius 3 is 2.79 bits per heavy atom. The Bertz CT molecular complexity index is 960. The average Bonchev–Trinajstić information content (AvgIpc) is 3.29. The Hall–Kier alpha value is -3.20. The van der Waals surface area contributed by atoms with Gasteiger partial charge in [0, 0.05) is 16.6 Å². The number of rotatable bonds is 5. The minimum absolute atomic E-state index is 0.153. The normalized spacial score (nSPS) is 11.1. The van der Waals surface area contributed by atoms with Crippen LogP contribution in [0.3, 0.4) is 0 Å². The first-order valence-electron chi connectivity index (χ1n) is 8.42. The van der Waals surface area contributed by atoms with Gasteiger partial charge in [0.15, 0.2) is 6.61 Å². The molecule has 3 aromatic rings. The van der Waals surface area contributed by atoms with Crippen LogP contribution in [0.5, 0.6) is 0 Å². The second-order valence-corrected chi connectivity index (χ2v) is 7.59. The third kappa shape index (κ3) is 5.40. The molecule has 0 bridgehead atoms. The number of carbonyl (C=O) groups is 2. The van der Waals surface area contributed by atoms with Crippen molar-refractivity contribution in [3.8, 4) is 11.4 Å². The second kappa shape index (κ2) is 8.22. The molecule has 1 aromatic carbocycles. The number of thiophene rings is 1. The molecule has 9 heteroatoms. The van der Waals surface area contributed by atoms with Crippen LogP contribution in [0.25, 0.3) is 11.4 Å². The van der Waals surface area contributed by atoms with Crippen LogP contribution >= 0.6 is 11.3 Å². The van der Waals surface area contributed by atoms with Gasteiger partial charge in [-0.25, -0.2) is 9.59 Å². The van der Waals surface area contributed by atoms with E-state index in [1.54, 1.807) is 39.0 Å². The quantitative estimate of drug-likeness (QED) is 0.628. The maximum atomic E-state index is 12.3. The third-order valence-electron chi connectivity index (χ3n) is 3.32. The van der Waals surface area contributed by atoms with Gasteiger partial charge in [-0.3, -0.25) is 5.32 Å². The number of aromatic nitrogens is 2. The van der Waals surface area contributed by atoms with Gasteiger partial charge in [0.2, 0.25) is 5.82 Å². The van der Waals surface area contributed by atoms with Crippen molar-refractivity contribution in [1.82, 2.24) is 10.1 Å². The van der Waals surface area contributed by atoms with Gasteiger partial charge in [-0.1, -0.05) is 11.2 Å². The number of benzene rings is 1. The summed E-state index contributed by atoms with van der Waals surface area (Å²) in [5.41, 5.74) is 0.909. The standard InChI is InChI=1S/C19H19N3O5S/c1-19(2,3)26-18(24)20-14-6-4-5-12(9-14)17(23)25-10-15-21-16(22-27-15)13-7-8-28-11-13/h4-9,11H,10H2,1-3H3,(H,20,24). The SMILES string of the molecule is CC(C)(C)OC(=O)Nc1cccc(C(=O)OCc2nc(-c3ccsc3)no2)c1. The first kappa shape index (κ1) is 19.6. The average molecular weight is 401 g/mol. The number of nitrogens with zero attached hydrogens (tertiary/aromatic N) is 2. The van der Waals surface area contributed by atoms with Crippen molar-refractivity contribution in [1.29, 1.82) is 0 Å². The Kier molecular flexibility index (Phi) is 5.74. The lowest BCUT2D eigenvalue weighted by atomic mass is 10.2. The van der Waals surface area contributed by atoms with Gasteiger partial charge in [-0.05, 0) is 50.4 Å². The number of hydrogen-bond acceptors (Lipinski definition) is 8. The lowest BCUT2D eigenvalue weighted by Gasteiger charge is -2.19. The number of amides is 1. The van der Waals surface area contributed by atoms with E-state index >= 15 is 0 Å². The van der Waals surface area contributed by atoms with Gasteiger partial charge < -0.3 is 14.0 Å². The van der Waals surface area contributed by atoms with Crippen molar-refractivity contribution in [2.75, 3.05) is 5.32 Å². The molecule has 3 rings (SSSR count). The van der Waals surface area contributed by atoms with E-state index in [0.29, 0.717) is 11.5 Å². The highest BCUT2D eigenvalue weighted by Crippen LogP contribution is 2.19. The number of nitrogens with one attached hydrogen (secondary N) is 1. The van der Waals surface area contributed by atoms with E-state index in [2.05, 4.69) is 15.5 Å². The molecule has 0 atom stereocenters. The van der Waals surface area contributed by atoms with Crippen LogP contribution < -0.4 is 5.32 Å². The lowest BCUT2D eigenvalue weighted by Crippen LogP contribution is -2.27. The van der Waals surface area contributed by atoms with Crippen LogP contribution in [-0.2, 0) is 16.1 Å². The Labute approximate surface area is 165 Å². The van der Waals surface area contributed by atoms with Crippen molar-refractivity contribution >= 4 is 29.1 Å². The molecule has 0 saturated heterocycles. The number of anilines is 1. The van der Waals surface area contributed by atoms with E-state index < -0.39 is 17.7 Å². The van der Waals surface area contributed by atoms with Gasteiger partial charge in [0.25, 0.3) is 5.89 Å². The van der Waals surface area contributed by atoms with Crippen LogP contribution in [0, 0.1) is 0 Å².